The summed E-state index contributed by atoms with van der Waals surface area (Å²) in [6.07, 6.45) is 1.28. The summed E-state index contributed by atoms with van der Waals surface area (Å²) < 4.78 is 12.8. The molecule has 0 amide bonds. The minimum absolute atomic E-state index is 0. The van der Waals surface area contributed by atoms with Crippen LogP contribution in [0.15, 0.2) is 70.6 Å². The van der Waals surface area contributed by atoms with Gasteiger partial charge in [-0.15, -0.1) is 23.7 Å². The molecule has 0 aliphatic carbocycles. The number of likely N-dealkylation sites (tertiary alicyclic amines) is 1. The van der Waals surface area contributed by atoms with Crippen LogP contribution in [0.4, 0.5) is 0 Å². The number of ether oxygens (including phenoxy) is 1. The molecule has 2 aromatic carbocycles. The fourth-order valence-corrected chi connectivity index (χ4v) is 4.47. The molecule has 4 nitrogen and oxygen atoms in total. The third-order valence-corrected chi connectivity index (χ3v) is 5.87. The molecule has 3 heterocycles. The van der Waals surface area contributed by atoms with Crippen LogP contribution in [0, 0.1) is 0 Å². The first-order valence-electron chi connectivity index (χ1n) is 9.21. The number of nitrogens with zero attached hydrogens (tertiary/aromatic N) is 2. The highest BCUT2D eigenvalue weighted by Gasteiger charge is 2.24. The van der Waals surface area contributed by atoms with E-state index in [4.69, 9.17) is 9.26 Å². The van der Waals surface area contributed by atoms with Gasteiger partial charge in [0, 0.05) is 25.2 Å². The van der Waals surface area contributed by atoms with Gasteiger partial charge in [-0.2, -0.15) is 0 Å². The number of halogens is 1. The van der Waals surface area contributed by atoms with Gasteiger partial charge >= 0.3 is 0 Å². The van der Waals surface area contributed by atoms with E-state index in [1.165, 1.54) is 5.56 Å². The van der Waals surface area contributed by atoms with Crippen molar-refractivity contribution in [2.75, 3.05) is 13.1 Å². The standard InChI is InChI=1S/C22H20N2O2S.ClH/c1-2-5-16(6-3-1)14-24-11-9-19(15-24)25-18-8-4-7-17(13-18)21-22-20(26-23-21)10-12-27-22;/h1-8,10,12-13,19H,9,11,14-15H2;1H. The number of fused-ring (bicyclic) bond motifs is 1. The average Bonchev–Trinajstić information content (AvgIpc) is 3.40. The smallest absolute Gasteiger partial charge is 0.178 e. The van der Waals surface area contributed by atoms with E-state index in [1.54, 1.807) is 11.3 Å². The van der Waals surface area contributed by atoms with Crippen molar-refractivity contribution in [2.45, 2.75) is 19.1 Å². The Bertz CT molecular complexity index is 1050. The third-order valence-electron chi connectivity index (χ3n) is 4.97. The molecule has 5 rings (SSSR count). The zero-order valence-electron chi connectivity index (χ0n) is 15.3. The molecule has 1 atom stereocenters. The lowest BCUT2D eigenvalue weighted by atomic mass is 10.1. The quantitative estimate of drug-likeness (QED) is 0.425. The lowest BCUT2D eigenvalue weighted by molar-refractivity contribution is 0.198. The molecule has 28 heavy (non-hydrogen) atoms. The molecule has 0 N–H and O–H groups in total. The maximum absolute atomic E-state index is 6.28. The molecule has 1 fully saturated rings. The largest absolute Gasteiger partial charge is 0.489 e. The Morgan fingerprint density at radius 1 is 1.11 bits per heavy atom. The first-order chi connectivity index (χ1) is 13.3. The molecule has 1 aliphatic rings. The Labute approximate surface area is 174 Å². The van der Waals surface area contributed by atoms with Gasteiger partial charge in [-0.1, -0.05) is 47.6 Å². The Kier molecular flexibility index (Phi) is 5.67. The normalized spacial score (nSPS) is 16.9. The van der Waals surface area contributed by atoms with Crippen LogP contribution in [0.5, 0.6) is 5.75 Å². The van der Waals surface area contributed by atoms with E-state index in [2.05, 4.69) is 52.5 Å². The Morgan fingerprint density at radius 3 is 2.89 bits per heavy atom. The number of hydrogen-bond acceptors (Lipinski definition) is 5. The van der Waals surface area contributed by atoms with E-state index in [9.17, 15) is 0 Å². The fraction of sp³-hybridized carbons (Fsp3) is 0.227. The number of thiophene rings is 1. The predicted octanol–water partition coefficient (Wildman–Crippen LogP) is 5.63. The summed E-state index contributed by atoms with van der Waals surface area (Å²) >= 11 is 1.65. The lowest BCUT2D eigenvalue weighted by Gasteiger charge is -2.17. The number of rotatable bonds is 5. The van der Waals surface area contributed by atoms with Gasteiger partial charge < -0.3 is 9.26 Å². The van der Waals surface area contributed by atoms with Gasteiger partial charge in [-0.3, -0.25) is 4.90 Å². The molecule has 1 aliphatic heterocycles. The van der Waals surface area contributed by atoms with E-state index in [0.717, 1.165) is 53.3 Å². The number of benzene rings is 2. The summed E-state index contributed by atoms with van der Waals surface area (Å²) in [5.74, 6) is 0.895. The monoisotopic (exact) mass is 412 g/mol. The van der Waals surface area contributed by atoms with Crippen molar-refractivity contribution >= 4 is 34.0 Å². The van der Waals surface area contributed by atoms with Gasteiger partial charge in [-0.05, 0) is 35.6 Å². The summed E-state index contributed by atoms with van der Waals surface area (Å²) in [6.45, 7) is 3.01. The highest BCUT2D eigenvalue weighted by atomic mass is 35.5. The molecule has 0 spiro atoms. The highest BCUT2D eigenvalue weighted by Crippen LogP contribution is 2.33. The molecular weight excluding hydrogens is 392 g/mol. The van der Waals surface area contributed by atoms with Crippen LogP contribution >= 0.6 is 23.7 Å². The van der Waals surface area contributed by atoms with Crippen molar-refractivity contribution in [1.82, 2.24) is 10.1 Å². The van der Waals surface area contributed by atoms with Crippen molar-refractivity contribution in [3.63, 3.8) is 0 Å². The molecule has 6 heteroatoms. The summed E-state index contributed by atoms with van der Waals surface area (Å²) in [7, 11) is 0. The van der Waals surface area contributed by atoms with E-state index < -0.39 is 0 Å². The molecule has 4 aromatic rings. The summed E-state index contributed by atoms with van der Waals surface area (Å²) in [5.41, 5.74) is 4.12. The molecule has 1 unspecified atom stereocenters. The van der Waals surface area contributed by atoms with Crippen molar-refractivity contribution in [3.8, 4) is 17.0 Å². The second kappa shape index (κ2) is 8.35. The number of hydrogen-bond donors (Lipinski definition) is 0. The van der Waals surface area contributed by atoms with Gasteiger partial charge in [-0.25, -0.2) is 0 Å². The predicted molar refractivity (Wildman–Crippen MR) is 115 cm³/mol. The van der Waals surface area contributed by atoms with Crippen molar-refractivity contribution in [2.24, 2.45) is 0 Å². The van der Waals surface area contributed by atoms with E-state index >= 15 is 0 Å². The maximum atomic E-state index is 6.28. The minimum Gasteiger partial charge on any atom is -0.489 e. The molecule has 0 saturated carbocycles. The van der Waals surface area contributed by atoms with E-state index in [-0.39, 0.29) is 18.5 Å². The van der Waals surface area contributed by atoms with Gasteiger partial charge in [0.05, 0.1) is 0 Å². The molecule has 144 valence electrons. The first kappa shape index (κ1) is 19.0. The first-order valence-corrected chi connectivity index (χ1v) is 10.1. The zero-order chi connectivity index (χ0) is 18.1. The van der Waals surface area contributed by atoms with Gasteiger partial charge in [0.1, 0.15) is 22.2 Å². The van der Waals surface area contributed by atoms with Gasteiger partial charge in [0.15, 0.2) is 5.58 Å². The second-order valence-corrected chi connectivity index (χ2v) is 7.84. The van der Waals surface area contributed by atoms with Gasteiger partial charge in [0.25, 0.3) is 0 Å². The van der Waals surface area contributed by atoms with Crippen LogP contribution in [-0.2, 0) is 6.54 Å². The molecule has 0 radical (unpaired) electrons. The fourth-order valence-electron chi connectivity index (χ4n) is 3.65. The van der Waals surface area contributed by atoms with E-state index in [0.29, 0.717) is 0 Å². The Hall–Kier alpha value is -2.34. The van der Waals surface area contributed by atoms with Crippen molar-refractivity contribution in [1.29, 1.82) is 0 Å². The van der Waals surface area contributed by atoms with Crippen LogP contribution in [0.25, 0.3) is 21.5 Å². The topological polar surface area (TPSA) is 38.5 Å². The summed E-state index contributed by atoms with van der Waals surface area (Å²) in [6, 6.07) is 20.7. The molecular formula is C22H21ClN2O2S. The molecule has 2 aromatic heterocycles. The van der Waals surface area contributed by atoms with Gasteiger partial charge in [0.2, 0.25) is 0 Å². The van der Waals surface area contributed by atoms with Crippen LogP contribution in [0.3, 0.4) is 0 Å². The van der Waals surface area contributed by atoms with Crippen molar-refractivity contribution in [3.05, 3.63) is 71.6 Å². The van der Waals surface area contributed by atoms with Crippen molar-refractivity contribution < 1.29 is 9.26 Å². The van der Waals surface area contributed by atoms with Crippen LogP contribution in [0.1, 0.15) is 12.0 Å². The summed E-state index contributed by atoms with van der Waals surface area (Å²) in [5, 5.41) is 6.26. The maximum Gasteiger partial charge on any atom is 0.178 e. The van der Waals surface area contributed by atoms with Crippen LogP contribution < -0.4 is 4.74 Å². The third kappa shape index (κ3) is 3.92. The summed E-state index contributed by atoms with van der Waals surface area (Å²) in [4.78, 5) is 2.46. The number of aromatic nitrogens is 1. The second-order valence-electron chi connectivity index (χ2n) is 6.92. The SMILES string of the molecule is Cl.c1ccc(CN2CCC(Oc3cccc(-c4noc5ccsc45)c3)C2)cc1. The zero-order valence-corrected chi connectivity index (χ0v) is 16.9. The Balaban J connectivity index is 0.00000192. The Morgan fingerprint density at radius 2 is 2.00 bits per heavy atom. The molecule has 0 bridgehead atoms. The van der Waals surface area contributed by atoms with Crippen LogP contribution in [0.2, 0.25) is 0 Å². The highest BCUT2D eigenvalue weighted by molar-refractivity contribution is 7.17. The minimum atomic E-state index is 0. The molecule has 1 saturated heterocycles. The average molecular weight is 413 g/mol. The van der Waals surface area contributed by atoms with Crippen LogP contribution in [-0.4, -0.2) is 29.3 Å². The van der Waals surface area contributed by atoms with E-state index in [1.807, 2.05) is 23.6 Å². The lowest BCUT2D eigenvalue weighted by Crippen LogP contribution is -2.24.